The Morgan fingerprint density at radius 3 is 2.64 bits per heavy atom. The van der Waals surface area contributed by atoms with Crippen molar-refractivity contribution in [1.82, 2.24) is 4.74 Å². The van der Waals surface area contributed by atoms with Crippen LogP contribution in [0.25, 0.3) is 11.3 Å². The maximum atomic E-state index is 11.0. The first-order valence-corrected chi connectivity index (χ1v) is 4.21. The summed E-state index contributed by atoms with van der Waals surface area (Å²) in [5.74, 6) is 0. The fraction of sp³-hybridized carbons (Fsp3) is 0.100. The van der Waals surface area contributed by atoms with E-state index < -0.39 is 0 Å². The van der Waals surface area contributed by atoms with Crippen LogP contribution in [0.2, 0.25) is 0 Å². The lowest BCUT2D eigenvalue weighted by Gasteiger charge is -2.03. The van der Waals surface area contributed by atoms with Crippen molar-refractivity contribution in [2.45, 2.75) is 0 Å². The molecule has 0 spiro atoms. The summed E-state index contributed by atoms with van der Waals surface area (Å²) in [5, 5.41) is 0. The quantitative estimate of drug-likeness (QED) is 0.688. The van der Waals surface area contributed by atoms with Crippen molar-refractivity contribution in [2.75, 3.05) is 5.73 Å². The number of aromatic nitrogens is 1. The first-order chi connectivity index (χ1) is 6.68. The summed E-state index contributed by atoms with van der Waals surface area (Å²) in [5.41, 5.74) is 7.53. The van der Waals surface area contributed by atoms with Gasteiger partial charge in [-0.1, -0.05) is 18.2 Å². The molecule has 1 aromatic heterocycles. The van der Waals surface area contributed by atoms with Gasteiger partial charge in [0, 0.05) is 18.3 Å². The normalized spacial score (nSPS) is 10.4. The molecule has 0 saturated carbocycles. The van der Waals surface area contributed by atoms with Gasteiger partial charge in [-0.25, -0.2) is 9.53 Å². The number of anilines is 1. The molecule has 4 nitrogen and oxygen atoms in total. The summed E-state index contributed by atoms with van der Waals surface area (Å²) in [6, 6.07) is 8.76. The van der Waals surface area contributed by atoms with Crippen LogP contribution in [0.4, 0.5) is 5.69 Å². The minimum absolute atomic E-state index is 0.370. The second-order valence-electron chi connectivity index (χ2n) is 3.02. The van der Waals surface area contributed by atoms with Gasteiger partial charge in [0.05, 0.1) is 11.8 Å². The lowest BCUT2D eigenvalue weighted by atomic mass is 10.1. The van der Waals surface area contributed by atoms with E-state index in [0.717, 1.165) is 5.56 Å². The number of benzene rings is 1. The van der Waals surface area contributed by atoms with Gasteiger partial charge in [-0.3, -0.25) is 0 Å². The van der Waals surface area contributed by atoms with Crippen LogP contribution in [0.3, 0.4) is 0 Å². The third-order valence-corrected chi connectivity index (χ3v) is 2.06. The highest BCUT2D eigenvalue weighted by Gasteiger charge is 2.08. The molecular weight excluding hydrogens is 180 g/mol. The minimum atomic E-state index is -0.370. The molecule has 0 aliphatic rings. The molecule has 0 aliphatic carbocycles. The lowest BCUT2D eigenvalue weighted by Crippen LogP contribution is -1.94. The summed E-state index contributed by atoms with van der Waals surface area (Å²) in [7, 11) is 1.67. The molecular formula is C10H10N2O2. The molecule has 1 heterocycles. The molecule has 0 saturated heterocycles. The van der Waals surface area contributed by atoms with Gasteiger partial charge in [-0.2, -0.15) is 0 Å². The molecule has 4 heteroatoms. The van der Waals surface area contributed by atoms with Gasteiger partial charge in [-0.15, -0.1) is 0 Å². The lowest BCUT2D eigenvalue weighted by molar-refractivity contribution is 0.289. The van der Waals surface area contributed by atoms with E-state index in [1.165, 1.54) is 10.8 Å². The maximum absolute atomic E-state index is 11.0. The number of aryl methyl sites for hydroxylation is 1. The van der Waals surface area contributed by atoms with E-state index >= 15 is 0 Å². The number of nitrogens with zero attached hydrogens (tertiary/aromatic N) is 1. The number of nitrogen functional groups attached to an aromatic ring is 1. The molecule has 1 aromatic carbocycles. The van der Waals surface area contributed by atoms with Crippen molar-refractivity contribution in [3.05, 3.63) is 40.8 Å². The predicted octanol–water partition coefficient (Wildman–Crippen LogP) is 1.23. The summed E-state index contributed by atoms with van der Waals surface area (Å²) in [6.45, 7) is 0. The highest BCUT2D eigenvalue weighted by Crippen LogP contribution is 2.23. The largest absolute Gasteiger partial charge is 0.398 e. The van der Waals surface area contributed by atoms with Crippen molar-refractivity contribution in [2.24, 2.45) is 7.05 Å². The molecule has 2 aromatic rings. The Bertz CT molecular complexity index is 511. The summed E-state index contributed by atoms with van der Waals surface area (Å²) in [4.78, 5) is 11.0. The fourth-order valence-electron chi connectivity index (χ4n) is 1.39. The van der Waals surface area contributed by atoms with E-state index in [4.69, 9.17) is 10.3 Å². The average Bonchev–Trinajstić information content (AvgIpc) is 2.46. The summed E-state index contributed by atoms with van der Waals surface area (Å²) >= 11 is 0. The van der Waals surface area contributed by atoms with Crippen molar-refractivity contribution in [3.63, 3.8) is 0 Å². The number of para-hydroxylation sites is 1. The van der Waals surface area contributed by atoms with Gasteiger partial charge in [-0.05, 0) is 6.07 Å². The fourth-order valence-corrected chi connectivity index (χ4v) is 1.39. The van der Waals surface area contributed by atoms with Gasteiger partial charge in [0.15, 0.2) is 0 Å². The van der Waals surface area contributed by atoms with Crippen LogP contribution in [-0.2, 0) is 7.05 Å². The first-order valence-electron chi connectivity index (χ1n) is 4.21. The molecule has 0 fully saturated rings. The van der Waals surface area contributed by atoms with Gasteiger partial charge in [0.2, 0.25) is 0 Å². The van der Waals surface area contributed by atoms with E-state index in [2.05, 4.69) is 0 Å². The molecule has 14 heavy (non-hydrogen) atoms. The van der Waals surface area contributed by atoms with E-state index in [1.54, 1.807) is 13.1 Å². The third kappa shape index (κ3) is 1.31. The molecule has 0 bridgehead atoms. The van der Waals surface area contributed by atoms with Crippen LogP contribution in [-0.4, -0.2) is 4.74 Å². The van der Waals surface area contributed by atoms with Gasteiger partial charge in [0.25, 0.3) is 0 Å². The van der Waals surface area contributed by atoms with Crippen molar-refractivity contribution in [1.29, 1.82) is 0 Å². The summed E-state index contributed by atoms with van der Waals surface area (Å²) in [6.07, 6.45) is 0. The smallest absolute Gasteiger partial charge is 0.358 e. The Hall–Kier alpha value is -1.97. The van der Waals surface area contributed by atoms with Gasteiger partial charge >= 0.3 is 5.63 Å². The Labute approximate surface area is 80.5 Å². The zero-order valence-corrected chi connectivity index (χ0v) is 7.73. The van der Waals surface area contributed by atoms with E-state index in [0.29, 0.717) is 11.4 Å². The Balaban J connectivity index is 2.66. The molecule has 0 unspecified atom stereocenters. The average molecular weight is 190 g/mol. The molecule has 2 N–H and O–H groups in total. The molecule has 0 atom stereocenters. The van der Waals surface area contributed by atoms with Crippen LogP contribution >= 0.6 is 0 Å². The molecule has 72 valence electrons. The van der Waals surface area contributed by atoms with Crippen LogP contribution in [0.1, 0.15) is 0 Å². The van der Waals surface area contributed by atoms with E-state index in [-0.39, 0.29) is 5.63 Å². The monoisotopic (exact) mass is 190 g/mol. The number of nitrogens with two attached hydrogens (primary N) is 1. The zero-order valence-electron chi connectivity index (χ0n) is 7.73. The Morgan fingerprint density at radius 2 is 2.07 bits per heavy atom. The van der Waals surface area contributed by atoms with Crippen LogP contribution in [0.15, 0.2) is 39.6 Å². The first kappa shape index (κ1) is 8.62. The highest BCUT2D eigenvalue weighted by atomic mass is 16.5. The van der Waals surface area contributed by atoms with Crippen molar-refractivity contribution >= 4 is 5.69 Å². The SMILES string of the molecule is Cn1oc(=O)cc1-c1ccccc1N. The third-order valence-electron chi connectivity index (χ3n) is 2.06. The van der Waals surface area contributed by atoms with Gasteiger partial charge < -0.3 is 10.3 Å². The van der Waals surface area contributed by atoms with Crippen LogP contribution in [0, 0.1) is 0 Å². The predicted molar refractivity (Wildman–Crippen MR) is 53.8 cm³/mol. The molecule has 0 amide bonds. The second kappa shape index (κ2) is 3.06. The van der Waals surface area contributed by atoms with Crippen LogP contribution < -0.4 is 11.4 Å². The zero-order chi connectivity index (χ0) is 10.1. The highest BCUT2D eigenvalue weighted by molar-refractivity contribution is 5.73. The van der Waals surface area contributed by atoms with Gasteiger partial charge in [0.1, 0.15) is 0 Å². The number of hydrogen-bond acceptors (Lipinski definition) is 3. The number of rotatable bonds is 1. The molecule has 0 radical (unpaired) electrons. The van der Waals surface area contributed by atoms with E-state index in [1.807, 2.05) is 18.2 Å². The topological polar surface area (TPSA) is 61.2 Å². The molecule has 2 rings (SSSR count). The molecule has 0 aliphatic heterocycles. The van der Waals surface area contributed by atoms with Crippen LogP contribution in [0.5, 0.6) is 0 Å². The Kier molecular flexibility index (Phi) is 1.89. The van der Waals surface area contributed by atoms with E-state index in [9.17, 15) is 4.79 Å². The van der Waals surface area contributed by atoms with Crippen molar-refractivity contribution in [3.8, 4) is 11.3 Å². The maximum Gasteiger partial charge on any atom is 0.358 e. The van der Waals surface area contributed by atoms with Crippen molar-refractivity contribution < 1.29 is 4.52 Å². The second-order valence-corrected chi connectivity index (χ2v) is 3.02. The Morgan fingerprint density at radius 1 is 1.36 bits per heavy atom. The standard InChI is InChI=1S/C10H10N2O2/c1-12-9(6-10(13)14-12)7-4-2-3-5-8(7)11/h2-6H,11H2,1H3. The number of hydrogen-bond donors (Lipinski definition) is 1. The summed E-state index contributed by atoms with van der Waals surface area (Å²) < 4.78 is 6.24. The minimum Gasteiger partial charge on any atom is -0.398 e.